The maximum atomic E-state index is 12.9. The van der Waals surface area contributed by atoms with Crippen LogP contribution in [-0.2, 0) is 38.0 Å². The second-order valence-corrected chi connectivity index (χ2v) is 17.0. The molecule has 354 valence electrons. The Morgan fingerprint density at radius 1 is 0.467 bits per heavy atom. The maximum Gasteiger partial charge on any atom is 0.306 e. The fraction of sp³-hybridized carbons (Fsp3) is 0.956. The van der Waals surface area contributed by atoms with Gasteiger partial charge in [-0.2, -0.15) is 0 Å². The predicted molar refractivity (Wildman–Crippen MR) is 225 cm³/mol. The van der Waals surface area contributed by atoms with Crippen molar-refractivity contribution in [3.63, 3.8) is 0 Å². The van der Waals surface area contributed by atoms with Crippen LogP contribution in [0.25, 0.3) is 0 Å². The van der Waals surface area contributed by atoms with Crippen molar-refractivity contribution in [3.8, 4) is 0 Å². The first-order chi connectivity index (χ1) is 29.0. The second kappa shape index (κ2) is 34.0. The Bertz CT molecular complexity index is 1070. The highest BCUT2D eigenvalue weighted by Crippen LogP contribution is 2.26. The van der Waals surface area contributed by atoms with Gasteiger partial charge in [-0.15, -0.1) is 0 Å². The summed E-state index contributed by atoms with van der Waals surface area (Å²) < 4.78 is 33.4. The average molecular weight is 865 g/mol. The molecule has 11 atom stereocenters. The van der Waals surface area contributed by atoms with Crippen molar-refractivity contribution in [2.24, 2.45) is 0 Å². The van der Waals surface area contributed by atoms with Gasteiger partial charge < -0.3 is 64.2 Å². The standard InChI is InChI=1S/C45H84O15/c1-3-5-7-9-11-13-14-15-16-17-18-20-22-24-26-28-37(48)58-33(30-55-36(47)27-25-23-21-19-12-10-8-6-4-2)31-56-44-43(54)41(52)39(50)35(60-44)32-57-45-42(53)40(51)38(49)34(29-46)59-45/h33-35,38-46,49-54H,3-32H2,1-2H3/t33-,34-,35-,38+,39+,40?,41?,42?,43?,44-,45-/m1/s1. The van der Waals surface area contributed by atoms with Crippen LogP contribution in [0.5, 0.6) is 0 Å². The number of esters is 2. The van der Waals surface area contributed by atoms with Crippen LogP contribution in [0.4, 0.5) is 0 Å². The van der Waals surface area contributed by atoms with E-state index in [1.54, 1.807) is 0 Å². The van der Waals surface area contributed by atoms with Crippen molar-refractivity contribution >= 4 is 11.9 Å². The Morgan fingerprint density at radius 3 is 1.30 bits per heavy atom. The topological polar surface area (TPSA) is 231 Å². The van der Waals surface area contributed by atoms with E-state index in [-0.39, 0.29) is 26.1 Å². The Hall–Kier alpha value is -1.50. The van der Waals surface area contributed by atoms with Crippen molar-refractivity contribution in [1.82, 2.24) is 0 Å². The van der Waals surface area contributed by atoms with Gasteiger partial charge in [0.25, 0.3) is 0 Å². The van der Waals surface area contributed by atoms with Crippen molar-refractivity contribution in [1.29, 1.82) is 0 Å². The first-order valence-electron chi connectivity index (χ1n) is 23.6. The van der Waals surface area contributed by atoms with Crippen LogP contribution < -0.4 is 0 Å². The van der Waals surface area contributed by atoms with Gasteiger partial charge in [0, 0.05) is 12.8 Å². The first-order valence-corrected chi connectivity index (χ1v) is 23.6. The largest absolute Gasteiger partial charge is 0.462 e. The van der Waals surface area contributed by atoms with Crippen LogP contribution in [0.2, 0.25) is 0 Å². The number of aliphatic hydroxyl groups is 7. The summed E-state index contributed by atoms with van der Waals surface area (Å²) in [6.45, 7) is 2.57. The smallest absolute Gasteiger partial charge is 0.306 e. The lowest BCUT2D eigenvalue weighted by atomic mass is 9.98. The van der Waals surface area contributed by atoms with Crippen LogP contribution in [0, 0.1) is 0 Å². The minimum Gasteiger partial charge on any atom is -0.462 e. The van der Waals surface area contributed by atoms with E-state index in [2.05, 4.69) is 13.8 Å². The number of ether oxygens (including phenoxy) is 6. The van der Waals surface area contributed by atoms with E-state index in [0.29, 0.717) is 12.8 Å². The molecule has 0 bridgehead atoms. The molecule has 0 saturated carbocycles. The first kappa shape index (κ1) is 54.6. The van der Waals surface area contributed by atoms with Gasteiger partial charge >= 0.3 is 11.9 Å². The fourth-order valence-electron chi connectivity index (χ4n) is 7.63. The number of aliphatic hydroxyl groups excluding tert-OH is 7. The summed E-state index contributed by atoms with van der Waals surface area (Å²) in [5, 5.41) is 71.8. The highest BCUT2D eigenvalue weighted by Gasteiger charge is 2.47. The number of rotatable bonds is 36. The molecule has 2 aliphatic rings. The molecule has 0 amide bonds. The van der Waals surface area contributed by atoms with Crippen LogP contribution in [0.1, 0.15) is 181 Å². The number of carbonyl (C=O) groups is 2. The van der Waals surface area contributed by atoms with E-state index in [0.717, 1.165) is 38.5 Å². The third-order valence-electron chi connectivity index (χ3n) is 11.6. The highest BCUT2D eigenvalue weighted by molar-refractivity contribution is 5.70. The Labute approximate surface area is 359 Å². The maximum absolute atomic E-state index is 12.9. The lowest BCUT2D eigenvalue weighted by molar-refractivity contribution is -0.332. The Morgan fingerprint density at radius 2 is 0.850 bits per heavy atom. The number of hydrogen-bond acceptors (Lipinski definition) is 15. The Balaban J connectivity index is 1.83. The summed E-state index contributed by atoms with van der Waals surface area (Å²) in [5.41, 5.74) is 0. The molecular weight excluding hydrogens is 780 g/mol. The lowest BCUT2D eigenvalue weighted by Gasteiger charge is -2.42. The molecule has 0 aromatic heterocycles. The van der Waals surface area contributed by atoms with E-state index in [1.165, 1.54) is 103 Å². The van der Waals surface area contributed by atoms with E-state index >= 15 is 0 Å². The van der Waals surface area contributed by atoms with Crippen molar-refractivity contribution in [3.05, 3.63) is 0 Å². The second-order valence-electron chi connectivity index (χ2n) is 17.0. The van der Waals surface area contributed by atoms with Gasteiger partial charge in [-0.1, -0.05) is 155 Å². The van der Waals surface area contributed by atoms with Crippen LogP contribution in [0.3, 0.4) is 0 Å². The SMILES string of the molecule is CCCCCCCCCCCCCCCCCC(=O)O[C@H](COC(=O)CCCCCCCCCCC)CO[C@@H]1O[C@H](CO[C@@H]2O[C@H](CO)[C@H](O)C(O)C2O)[C@H](O)C(O)C1O. The molecule has 60 heavy (non-hydrogen) atoms. The molecule has 15 nitrogen and oxygen atoms in total. The molecular formula is C45H84O15. The van der Waals surface area contributed by atoms with Gasteiger partial charge in [-0.05, 0) is 12.8 Å². The molecule has 2 heterocycles. The molecule has 0 spiro atoms. The third-order valence-corrected chi connectivity index (χ3v) is 11.6. The molecule has 2 aliphatic heterocycles. The van der Waals surface area contributed by atoms with Crippen LogP contribution in [-0.4, -0.2) is 142 Å². The minimum atomic E-state index is -1.76. The monoisotopic (exact) mass is 865 g/mol. The zero-order valence-corrected chi connectivity index (χ0v) is 37.0. The van der Waals surface area contributed by atoms with Crippen LogP contribution >= 0.6 is 0 Å². The number of carbonyl (C=O) groups excluding carboxylic acids is 2. The quantitative estimate of drug-likeness (QED) is 0.0315. The molecule has 2 fully saturated rings. The van der Waals surface area contributed by atoms with Gasteiger partial charge in [-0.3, -0.25) is 9.59 Å². The summed E-state index contributed by atoms with van der Waals surface area (Å²) in [4.78, 5) is 25.6. The van der Waals surface area contributed by atoms with E-state index in [9.17, 15) is 45.3 Å². The fourth-order valence-corrected chi connectivity index (χ4v) is 7.63. The van der Waals surface area contributed by atoms with Gasteiger partial charge in [0.1, 0.15) is 55.4 Å². The summed E-state index contributed by atoms with van der Waals surface area (Å²) in [7, 11) is 0. The number of hydrogen-bond donors (Lipinski definition) is 7. The van der Waals surface area contributed by atoms with Gasteiger partial charge in [0.2, 0.25) is 0 Å². The third kappa shape index (κ3) is 22.7. The minimum absolute atomic E-state index is 0.173. The normalized spacial score (nSPS) is 27.5. The zero-order valence-electron chi connectivity index (χ0n) is 37.0. The molecule has 0 aliphatic carbocycles. The van der Waals surface area contributed by atoms with Gasteiger partial charge in [0.05, 0.1) is 19.8 Å². The highest BCUT2D eigenvalue weighted by atomic mass is 16.7. The lowest BCUT2D eigenvalue weighted by Crippen LogP contribution is -2.61. The van der Waals surface area contributed by atoms with Crippen molar-refractivity contribution in [2.75, 3.05) is 26.4 Å². The van der Waals surface area contributed by atoms with Gasteiger partial charge in [0.15, 0.2) is 18.7 Å². The zero-order chi connectivity index (χ0) is 44.0. The van der Waals surface area contributed by atoms with Gasteiger partial charge in [-0.25, -0.2) is 0 Å². The molecule has 0 aromatic carbocycles. The van der Waals surface area contributed by atoms with Crippen molar-refractivity contribution in [2.45, 2.75) is 248 Å². The van der Waals surface area contributed by atoms with E-state index in [4.69, 9.17) is 28.4 Å². The van der Waals surface area contributed by atoms with E-state index in [1.807, 2.05) is 0 Å². The molecule has 15 heteroatoms. The summed E-state index contributed by atoms with van der Waals surface area (Å²) in [6, 6.07) is 0. The molecule has 7 N–H and O–H groups in total. The molecule has 0 aromatic rings. The Kier molecular flexibility index (Phi) is 30.9. The number of unbranched alkanes of at least 4 members (excludes halogenated alkanes) is 22. The molecule has 2 saturated heterocycles. The summed E-state index contributed by atoms with van der Waals surface area (Å²) in [5.74, 6) is -0.918. The molecule has 4 unspecified atom stereocenters. The molecule has 2 rings (SSSR count). The van der Waals surface area contributed by atoms with E-state index < -0.39 is 92.7 Å². The predicted octanol–water partition coefficient (Wildman–Crippen LogP) is 5.26. The van der Waals surface area contributed by atoms with Crippen LogP contribution in [0.15, 0.2) is 0 Å². The summed E-state index contributed by atoms with van der Waals surface area (Å²) >= 11 is 0. The summed E-state index contributed by atoms with van der Waals surface area (Å²) in [6.07, 6.45) is 11.5. The average Bonchev–Trinajstić information content (AvgIpc) is 3.24. The molecule has 0 radical (unpaired) electrons. The van der Waals surface area contributed by atoms with Crippen molar-refractivity contribution < 1.29 is 73.8 Å².